The topological polar surface area (TPSA) is 91.0 Å². The Morgan fingerprint density at radius 2 is 1.86 bits per heavy atom. The monoisotopic (exact) mass is 315 g/mol. The summed E-state index contributed by atoms with van der Waals surface area (Å²) in [5.41, 5.74) is -0.0844. The van der Waals surface area contributed by atoms with Crippen LogP contribution in [0.5, 0.6) is 11.5 Å². The van der Waals surface area contributed by atoms with Crippen LogP contribution in [0.3, 0.4) is 0 Å². The van der Waals surface area contributed by atoms with E-state index in [1.54, 1.807) is 0 Å². The summed E-state index contributed by atoms with van der Waals surface area (Å²) in [6.45, 7) is 1.42. The molecule has 0 bridgehead atoms. The summed E-state index contributed by atoms with van der Waals surface area (Å²) in [4.78, 5) is 0. The van der Waals surface area contributed by atoms with E-state index < -0.39 is 33.2 Å². The Kier molecular flexibility index (Phi) is 3.82. The third-order valence-electron chi connectivity index (χ3n) is 3.03. The number of sulfonamides is 1. The van der Waals surface area contributed by atoms with Crippen LogP contribution in [-0.2, 0) is 10.0 Å². The molecule has 0 radical (unpaired) electrons. The van der Waals surface area contributed by atoms with E-state index in [4.69, 9.17) is 4.42 Å². The number of halogens is 1. The second kappa shape index (κ2) is 5.28. The highest BCUT2D eigenvalue weighted by atomic mass is 32.2. The van der Waals surface area contributed by atoms with Gasteiger partial charge in [-0.1, -0.05) is 12.1 Å². The van der Waals surface area contributed by atoms with Gasteiger partial charge < -0.3 is 14.6 Å². The van der Waals surface area contributed by atoms with Gasteiger partial charge in [-0.25, -0.2) is 17.1 Å². The van der Waals surface area contributed by atoms with Gasteiger partial charge in [0.25, 0.3) is 5.88 Å². The first kappa shape index (κ1) is 15.2. The summed E-state index contributed by atoms with van der Waals surface area (Å²) >= 11 is 0. The van der Waals surface area contributed by atoms with Crippen molar-refractivity contribution >= 4 is 15.9 Å². The summed E-state index contributed by atoms with van der Waals surface area (Å²) in [7, 11) is -2.53. The minimum absolute atomic E-state index is 0.0844. The number of benzene rings is 1. The van der Waals surface area contributed by atoms with Crippen LogP contribution in [0.2, 0.25) is 0 Å². The van der Waals surface area contributed by atoms with E-state index in [9.17, 15) is 23.0 Å². The number of aromatic hydroxyl groups is 2. The number of hydrogen-bond donors (Lipinski definition) is 2. The predicted molar refractivity (Wildman–Crippen MR) is 75.3 cm³/mol. The lowest BCUT2D eigenvalue weighted by Crippen LogP contribution is -2.27. The van der Waals surface area contributed by atoms with E-state index in [2.05, 4.69) is 0 Å². The molecule has 8 heteroatoms. The average molecular weight is 315 g/mol. The largest absolute Gasteiger partial charge is 0.502 e. The zero-order chi connectivity index (χ0) is 15.8. The molecule has 2 rings (SSSR count). The molecule has 0 aliphatic carbocycles. The molecule has 2 aromatic rings. The highest BCUT2D eigenvalue weighted by Gasteiger charge is 2.29. The maximum atomic E-state index is 13.7. The molecule has 2 N–H and O–H groups in total. The van der Waals surface area contributed by atoms with Crippen LogP contribution in [0.15, 0.2) is 28.7 Å². The van der Waals surface area contributed by atoms with Gasteiger partial charge in [-0.3, -0.25) is 0 Å². The lowest BCUT2D eigenvalue weighted by Gasteiger charge is -2.14. The SMILES string of the molecule is CCS(=O)(=O)N(C)c1oc(-c2ccccc2F)c(O)c1O. The smallest absolute Gasteiger partial charge is 0.256 e. The van der Waals surface area contributed by atoms with Crippen molar-refractivity contribution < 1.29 is 27.4 Å². The normalized spacial score (nSPS) is 11.6. The molecule has 6 nitrogen and oxygen atoms in total. The molecule has 0 atom stereocenters. The van der Waals surface area contributed by atoms with Gasteiger partial charge in [0, 0.05) is 7.05 Å². The van der Waals surface area contributed by atoms with Gasteiger partial charge in [0.15, 0.2) is 5.76 Å². The van der Waals surface area contributed by atoms with E-state index in [0.29, 0.717) is 4.31 Å². The Morgan fingerprint density at radius 1 is 1.24 bits per heavy atom. The van der Waals surface area contributed by atoms with Crippen LogP contribution in [0.4, 0.5) is 10.3 Å². The van der Waals surface area contributed by atoms with Crippen molar-refractivity contribution in [3.8, 4) is 22.8 Å². The molecule has 0 spiro atoms. The number of rotatable bonds is 4. The first-order chi connectivity index (χ1) is 9.79. The van der Waals surface area contributed by atoms with Crippen molar-refractivity contribution in [3.05, 3.63) is 30.1 Å². The Hall–Kier alpha value is -2.22. The molecule has 0 fully saturated rings. The molecule has 1 aromatic carbocycles. The van der Waals surface area contributed by atoms with Crippen molar-refractivity contribution in [2.24, 2.45) is 0 Å². The zero-order valence-corrected chi connectivity index (χ0v) is 12.2. The van der Waals surface area contributed by atoms with Crippen molar-refractivity contribution in [1.29, 1.82) is 0 Å². The lowest BCUT2D eigenvalue weighted by atomic mass is 10.1. The second-order valence-corrected chi connectivity index (χ2v) is 6.57. The molecule has 1 heterocycles. The van der Waals surface area contributed by atoms with Crippen LogP contribution in [-0.4, -0.2) is 31.4 Å². The highest BCUT2D eigenvalue weighted by molar-refractivity contribution is 7.92. The van der Waals surface area contributed by atoms with Crippen LogP contribution < -0.4 is 4.31 Å². The summed E-state index contributed by atoms with van der Waals surface area (Å²) in [6, 6.07) is 5.46. The van der Waals surface area contributed by atoms with Gasteiger partial charge in [0.2, 0.25) is 21.5 Å². The third-order valence-corrected chi connectivity index (χ3v) is 4.76. The molecular formula is C13H14FNO5S. The highest BCUT2D eigenvalue weighted by Crippen LogP contribution is 2.47. The fraction of sp³-hybridized carbons (Fsp3) is 0.231. The lowest BCUT2D eigenvalue weighted by molar-refractivity contribution is 0.409. The van der Waals surface area contributed by atoms with Gasteiger partial charge in [-0.15, -0.1) is 0 Å². The first-order valence-electron chi connectivity index (χ1n) is 6.05. The fourth-order valence-electron chi connectivity index (χ4n) is 1.76. The Morgan fingerprint density at radius 3 is 2.43 bits per heavy atom. The second-order valence-electron chi connectivity index (χ2n) is 4.28. The van der Waals surface area contributed by atoms with Gasteiger partial charge in [0.1, 0.15) is 5.82 Å². The predicted octanol–water partition coefficient (Wildman–Crippen LogP) is 2.28. The zero-order valence-electron chi connectivity index (χ0n) is 11.4. The minimum atomic E-state index is -3.69. The molecule has 114 valence electrons. The maximum Gasteiger partial charge on any atom is 0.256 e. The Balaban J connectivity index is 2.60. The van der Waals surface area contributed by atoms with E-state index in [-0.39, 0.29) is 17.1 Å². The number of hydrogen-bond acceptors (Lipinski definition) is 5. The summed E-state index contributed by atoms with van der Waals surface area (Å²) < 4.78 is 43.1. The molecule has 0 unspecified atom stereocenters. The molecule has 1 aromatic heterocycles. The molecule has 0 saturated carbocycles. The van der Waals surface area contributed by atoms with Crippen molar-refractivity contribution in [2.75, 3.05) is 17.1 Å². The van der Waals surface area contributed by atoms with Crippen molar-refractivity contribution in [1.82, 2.24) is 0 Å². The fourth-order valence-corrected chi connectivity index (χ4v) is 2.53. The van der Waals surface area contributed by atoms with Gasteiger partial charge in [-0.2, -0.15) is 0 Å². The van der Waals surface area contributed by atoms with E-state index in [0.717, 1.165) is 6.07 Å². The van der Waals surface area contributed by atoms with Gasteiger partial charge >= 0.3 is 0 Å². The first-order valence-corrected chi connectivity index (χ1v) is 7.66. The summed E-state index contributed by atoms with van der Waals surface area (Å²) in [5, 5.41) is 19.7. The van der Waals surface area contributed by atoms with Crippen LogP contribution in [0.25, 0.3) is 11.3 Å². The molecular weight excluding hydrogens is 301 g/mol. The van der Waals surface area contributed by atoms with E-state index in [1.807, 2.05) is 0 Å². The van der Waals surface area contributed by atoms with Crippen LogP contribution in [0.1, 0.15) is 6.92 Å². The molecule has 0 saturated heterocycles. The van der Waals surface area contributed by atoms with Crippen LogP contribution >= 0.6 is 0 Å². The minimum Gasteiger partial charge on any atom is -0.502 e. The maximum absolute atomic E-state index is 13.7. The van der Waals surface area contributed by atoms with Crippen molar-refractivity contribution in [2.45, 2.75) is 6.92 Å². The summed E-state index contributed by atoms with van der Waals surface area (Å²) in [5.74, 6) is -3.17. The Labute approximate surface area is 121 Å². The Bertz CT molecular complexity index is 769. The standard InChI is InChI=1S/C13H14FNO5S/c1-3-21(18,19)15(2)13-11(17)10(16)12(20-13)8-6-4-5-7-9(8)14/h4-7,16-17H,3H2,1-2H3. The van der Waals surface area contributed by atoms with Gasteiger partial charge in [-0.05, 0) is 19.1 Å². The molecule has 21 heavy (non-hydrogen) atoms. The van der Waals surface area contributed by atoms with E-state index in [1.165, 1.54) is 32.2 Å². The average Bonchev–Trinajstić information content (AvgIpc) is 2.75. The third kappa shape index (κ3) is 2.54. The molecule has 0 aliphatic heterocycles. The quantitative estimate of drug-likeness (QED) is 0.903. The van der Waals surface area contributed by atoms with Crippen molar-refractivity contribution in [3.63, 3.8) is 0 Å². The number of nitrogens with zero attached hydrogens (tertiary/aromatic N) is 1. The number of furan rings is 1. The summed E-state index contributed by atoms with van der Waals surface area (Å²) in [6.07, 6.45) is 0. The van der Waals surface area contributed by atoms with Gasteiger partial charge in [0.05, 0.1) is 11.3 Å². The van der Waals surface area contributed by atoms with Crippen LogP contribution in [0, 0.1) is 5.82 Å². The molecule has 0 aliphatic rings. The van der Waals surface area contributed by atoms with E-state index >= 15 is 0 Å². The molecule has 0 amide bonds. The number of anilines is 1.